The third-order valence-electron chi connectivity index (χ3n) is 2.80. The highest BCUT2D eigenvalue weighted by Gasteiger charge is 2.30. The molecule has 14 heavy (non-hydrogen) atoms. The molecule has 4 heteroatoms. The average Bonchev–Trinajstić information content (AvgIpc) is 2.50. The molecule has 0 aromatic carbocycles. The topological polar surface area (TPSA) is 58.0 Å². The number of rotatable bonds is 1. The predicted octanol–water partition coefficient (Wildman–Crippen LogP) is 1.21. The zero-order valence-electron chi connectivity index (χ0n) is 8.59. The van der Waals surface area contributed by atoms with E-state index in [0.717, 1.165) is 25.1 Å². The van der Waals surface area contributed by atoms with Gasteiger partial charge in [0, 0.05) is 17.5 Å². The van der Waals surface area contributed by atoms with E-state index < -0.39 is 0 Å². The fourth-order valence-corrected chi connectivity index (χ4v) is 2.12. The van der Waals surface area contributed by atoms with E-state index in [4.69, 9.17) is 4.52 Å². The van der Waals surface area contributed by atoms with Gasteiger partial charge in [0.05, 0.1) is 0 Å². The SMILES string of the molecule is CC1(C)C[C@H](c2cc(=O)[nH]o2)CCN1. The molecule has 78 valence electrons. The molecule has 1 fully saturated rings. The maximum absolute atomic E-state index is 10.9. The normalized spacial score (nSPS) is 26.3. The van der Waals surface area contributed by atoms with Gasteiger partial charge in [0.1, 0.15) is 5.76 Å². The molecule has 0 amide bonds. The fraction of sp³-hybridized carbons (Fsp3) is 0.700. The van der Waals surface area contributed by atoms with Crippen LogP contribution in [-0.4, -0.2) is 17.2 Å². The monoisotopic (exact) mass is 196 g/mol. The fourth-order valence-electron chi connectivity index (χ4n) is 2.12. The van der Waals surface area contributed by atoms with E-state index in [9.17, 15) is 4.79 Å². The highest BCUT2D eigenvalue weighted by atomic mass is 16.5. The highest BCUT2D eigenvalue weighted by molar-refractivity contribution is 5.06. The molecule has 0 bridgehead atoms. The number of nitrogens with one attached hydrogen (secondary N) is 2. The number of piperidine rings is 1. The van der Waals surface area contributed by atoms with Gasteiger partial charge >= 0.3 is 0 Å². The summed E-state index contributed by atoms with van der Waals surface area (Å²) in [5, 5.41) is 5.78. The number of hydrogen-bond acceptors (Lipinski definition) is 3. The van der Waals surface area contributed by atoms with Crippen molar-refractivity contribution < 1.29 is 4.52 Å². The first kappa shape index (κ1) is 9.52. The van der Waals surface area contributed by atoms with E-state index in [0.29, 0.717) is 5.92 Å². The molecule has 0 radical (unpaired) electrons. The summed E-state index contributed by atoms with van der Waals surface area (Å²) in [6, 6.07) is 1.56. The molecule has 4 nitrogen and oxygen atoms in total. The Morgan fingerprint density at radius 1 is 1.57 bits per heavy atom. The summed E-state index contributed by atoms with van der Waals surface area (Å²) < 4.78 is 5.13. The Kier molecular flexibility index (Phi) is 2.23. The molecule has 1 saturated heterocycles. The maximum atomic E-state index is 10.9. The van der Waals surface area contributed by atoms with Crippen molar-refractivity contribution in [2.45, 2.75) is 38.1 Å². The maximum Gasteiger partial charge on any atom is 0.280 e. The van der Waals surface area contributed by atoms with Crippen molar-refractivity contribution >= 4 is 0 Å². The quantitative estimate of drug-likeness (QED) is 0.710. The van der Waals surface area contributed by atoms with Crippen molar-refractivity contribution in [1.82, 2.24) is 10.5 Å². The van der Waals surface area contributed by atoms with Crippen LogP contribution in [-0.2, 0) is 0 Å². The van der Waals surface area contributed by atoms with Crippen LogP contribution in [0.5, 0.6) is 0 Å². The Labute approximate surface area is 82.7 Å². The van der Waals surface area contributed by atoms with Crippen LogP contribution in [0.1, 0.15) is 38.4 Å². The predicted molar refractivity (Wildman–Crippen MR) is 53.4 cm³/mol. The van der Waals surface area contributed by atoms with Gasteiger partial charge in [0.25, 0.3) is 5.56 Å². The molecular formula is C10H16N2O2. The largest absolute Gasteiger partial charge is 0.383 e. The first-order valence-corrected chi connectivity index (χ1v) is 5.00. The minimum absolute atomic E-state index is 0.138. The highest BCUT2D eigenvalue weighted by Crippen LogP contribution is 2.31. The molecule has 0 saturated carbocycles. The second kappa shape index (κ2) is 3.28. The zero-order chi connectivity index (χ0) is 10.2. The van der Waals surface area contributed by atoms with Crippen LogP contribution in [0.4, 0.5) is 0 Å². The van der Waals surface area contributed by atoms with Gasteiger partial charge in [-0.15, -0.1) is 0 Å². The van der Waals surface area contributed by atoms with Crippen LogP contribution in [0.2, 0.25) is 0 Å². The van der Waals surface area contributed by atoms with Gasteiger partial charge in [0.2, 0.25) is 0 Å². The van der Waals surface area contributed by atoms with Crippen molar-refractivity contribution in [3.63, 3.8) is 0 Å². The smallest absolute Gasteiger partial charge is 0.280 e. The molecule has 1 aromatic heterocycles. The van der Waals surface area contributed by atoms with Gasteiger partial charge in [-0.25, -0.2) is 0 Å². The van der Waals surface area contributed by atoms with Gasteiger partial charge in [-0.2, -0.15) is 5.16 Å². The standard InChI is InChI=1S/C10H16N2O2/c1-10(2)6-7(3-4-11-10)8-5-9(13)12-14-8/h5,7,11H,3-4,6H2,1-2H3,(H,12,13)/t7-/m1/s1. The molecule has 2 rings (SSSR count). The lowest BCUT2D eigenvalue weighted by molar-refractivity contribution is 0.241. The molecule has 2 heterocycles. The van der Waals surface area contributed by atoms with Gasteiger partial charge in [-0.1, -0.05) is 0 Å². The van der Waals surface area contributed by atoms with Crippen molar-refractivity contribution in [2.75, 3.05) is 6.54 Å². The molecule has 1 atom stereocenters. The summed E-state index contributed by atoms with van der Waals surface area (Å²) in [4.78, 5) is 10.9. The number of hydrogen-bond donors (Lipinski definition) is 2. The van der Waals surface area contributed by atoms with E-state index in [-0.39, 0.29) is 11.1 Å². The van der Waals surface area contributed by atoms with Crippen LogP contribution in [0.25, 0.3) is 0 Å². The lowest BCUT2D eigenvalue weighted by atomic mass is 9.83. The molecule has 1 aliphatic heterocycles. The summed E-state index contributed by atoms with van der Waals surface area (Å²) in [5.74, 6) is 1.16. The summed E-state index contributed by atoms with van der Waals surface area (Å²) >= 11 is 0. The molecule has 0 unspecified atom stereocenters. The van der Waals surface area contributed by atoms with Crippen LogP contribution < -0.4 is 10.9 Å². The van der Waals surface area contributed by atoms with Crippen molar-refractivity contribution in [3.05, 3.63) is 22.2 Å². The summed E-state index contributed by atoms with van der Waals surface area (Å²) in [7, 11) is 0. The van der Waals surface area contributed by atoms with E-state index in [1.807, 2.05) is 0 Å². The van der Waals surface area contributed by atoms with E-state index in [2.05, 4.69) is 24.3 Å². The van der Waals surface area contributed by atoms with Crippen molar-refractivity contribution in [1.29, 1.82) is 0 Å². The Morgan fingerprint density at radius 2 is 2.36 bits per heavy atom. The molecule has 2 N–H and O–H groups in total. The number of H-pyrrole nitrogens is 1. The second-order valence-corrected chi connectivity index (χ2v) is 4.62. The third-order valence-corrected chi connectivity index (χ3v) is 2.80. The lowest BCUT2D eigenvalue weighted by Crippen LogP contribution is -2.45. The van der Waals surface area contributed by atoms with E-state index in [1.165, 1.54) is 0 Å². The molecule has 1 aliphatic rings. The van der Waals surface area contributed by atoms with Gasteiger partial charge in [-0.05, 0) is 33.2 Å². The molecule has 0 spiro atoms. The average molecular weight is 196 g/mol. The van der Waals surface area contributed by atoms with Crippen molar-refractivity contribution in [2.24, 2.45) is 0 Å². The van der Waals surface area contributed by atoms with E-state index >= 15 is 0 Å². The summed E-state index contributed by atoms with van der Waals surface area (Å²) in [6.45, 7) is 5.32. The van der Waals surface area contributed by atoms with Crippen LogP contribution in [0.15, 0.2) is 15.4 Å². The minimum atomic E-state index is -0.142. The van der Waals surface area contributed by atoms with Gasteiger partial charge in [-0.3, -0.25) is 4.79 Å². The van der Waals surface area contributed by atoms with Crippen LogP contribution >= 0.6 is 0 Å². The Hall–Kier alpha value is -1.03. The van der Waals surface area contributed by atoms with Gasteiger partial charge < -0.3 is 9.84 Å². The third kappa shape index (κ3) is 1.90. The zero-order valence-corrected chi connectivity index (χ0v) is 8.59. The minimum Gasteiger partial charge on any atom is -0.383 e. The Bertz CT molecular complexity index is 364. The summed E-state index contributed by atoms with van der Waals surface area (Å²) in [6.07, 6.45) is 2.04. The first-order chi connectivity index (χ1) is 6.57. The van der Waals surface area contributed by atoms with Crippen LogP contribution in [0.3, 0.4) is 0 Å². The van der Waals surface area contributed by atoms with Crippen LogP contribution in [0, 0.1) is 0 Å². The lowest BCUT2D eigenvalue weighted by Gasteiger charge is -2.35. The molecule has 1 aromatic rings. The number of aromatic amines is 1. The van der Waals surface area contributed by atoms with Gasteiger partial charge in [0.15, 0.2) is 0 Å². The first-order valence-electron chi connectivity index (χ1n) is 5.00. The molecular weight excluding hydrogens is 180 g/mol. The summed E-state index contributed by atoms with van der Waals surface area (Å²) in [5.41, 5.74) is -0.00463. The Morgan fingerprint density at radius 3 is 2.93 bits per heavy atom. The number of aromatic nitrogens is 1. The second-order valence-electron chi connectivity index (χ2n) is 4.62. The van der Waals surface area contributed by atoms with Crippen molar-refractivity contribution in [3.8, 4) is 0 Å². The van der Waals surface area contributed by atoms with E-state index in [1.54, 1.807) is 6.07 Å². The Balaban J connectivity index is 2.15. The molecule has 0 aliphatic carbocycles.